The number of benzene rings is 2. The molecule has 0 bridgehead atoms. The number of carbonyl (C=O) groups is 1. The van der Waals surface area contributed by atoms with E-state index in [0.29, 0.717) is 28.1 Å². The van der Waals surface area contributed by atoms with Crippen LogP contribution in [0.2, 0.25) is 0 Å². The number of hydrogen-bond donors (Lipinski definition) is 0. The standard InChI is InChI=1S/C23H16N2O4/c1-28-15-11-9-14(10-12-15)20-19-21(26)16-6-2-3-7-17(16)29-22(19)23(27)25(20)18-8-4-5-13-24-18/h2-13,20H,1H3/t20-/m0/s1. The first-order valence-corrected chi connectivity index (χ1v) is 9.13. The summed E-state index contributed by atoms with van der Waals surface area (Å²) in [5.74, 6) is 0.809. The van der Waals surface area contributed by atoms with Crippen LogP contribution in [0.3, 0.4) is 0 Å². The number of aromatic nitrogens is 1. The minimum atomic E-state index is -0.640. The number of carbonyl (C=O) groups excluding carboxylic acids is 1. The number of pyridine rings is 1. The molecule has 1 aliphatic heterocycles. The molecule has 6 nitrogen and oxygen atoms in total. The van der Waals surface area contributed by atoms with Crippen molar-refractivity contribution in [3.05, 3.63) is 100 Å². The summed E-state index contributed by atoms with van der Waals surface area (Å²) in [7, 11) is 1.59. The highest BCUT2D eigenvalue weighted by molar-refractivity contribution is 6.10. The van der Waals surface area contributed by atoms with E-state index in [2.05, 4.69) is 4.98 Å². The van der Waals surface area contributed by atoms with E-state index in [0.717, 1.165) is 5.56 Å². The Kier molecular flexibility index (Phi) is 3.91. The topological polar surface area (TPSA) is 72.6 Å². The highest BCUT2D eigenvalue weighted by Gasteiger charge is 2.44. The highest BCUT2D eigenvalue weighted by atomic mass is 16.5. The fourth-order valence-corrected chi connectivity index (χ4v) is 3.75. The molecule has 0 radical (unpaired) electrons. The summed E-state index contributed by atoms with van der Waals surface area (Å²) < 4.78 is 11.1. The van der Waals surface area contributed by atoms with Crippen LogP contribution in [0.5, 0.6) is 5.75 Å². The van der Waals surface area contributed by atoms with Crippen LogP contribution in [0.1, 0.15) is 27.7 Å². The van der Waals surface area contributed by atoms with Crippen LogP contribution in [-0.4, -0.2) is 18.0 Å². The molecular formula is C23H16N2O4. The van der Waals surface area contributed by atoms with Gasteiger partial charge in [-0.1, -0.05) is 30.3 Å². The second-order valence-electron chi connectivity index (χ2n) is 6.71. The van der Waals surface area contributed by atoms with E-state index < -0.39 is 6.04 Å². The molecule has 6 heteroatoms. The molecule has 4 aromatic rings. The van der Waals surface area contributed by atoms with Gasteiger partial charge < -0.3 is 9.15 Å². The van der Waals surface area contributed by atoms with Crippen molar-refractivity contribution in [3.8, 4) is 5.75 Å². The smallest absolute Gasteiger partial charge is 0.296 e. The quantitative estimate of drug-likeness (QED) is 0.535. The van der Waals surface area contributed by atoms with Gasteiger partial charge in [-0.3, -0.25) is 14.5 Å². The highest BCUT2D eigenvalue weighted by Crippen LogP contribution is 2.40. The molecule has 0 unspecified atom stereocenters. The molecule has 0 saturated carbocycles. The lowest BCUT2D eigenvalue weighted by atomic mass is 9.98. The number of fused-ring (bicyclic) bond motifs is 2. The Morgan fingerprint density at radius 1 is 0.966 bits per heavy atom. The molecule has 5 rings (SSSR count). The molecule has 2 aromatic carbocycles. The monoisotopic (exact) mass is 384 g/mol. The van der Waals surface area contributed by atoms with Gasteiger partial charge in [0.15, 0.2) is 5.43 Å². The fourth-order valence-electron chi connectivity index (χ4n) is 3.75. The van der Waals surface area contributed by atoms with Crippen LogP contribution >= 0.6 is 0 Å². The van der Waals surface area contributed by atoms with E-state index in [1.165, 1.54) is 4.90 Å². The zero-order valence-corrected chi connectivity index (χ0v) is 15.5. The van der Waals surface area contributed by atoms with Crippen molar-refractivity contribution in [1.29, 1.82) is 0 Å². The lowest BCUT2D eigenvalue weighted by Crippen LogP contribution is -2.30. The van der Waals surface area contributed by atoms with Crippen LogP contribution in [0.25, 0.3) is 11.0 Å². The normalized spacial score (nSPS) is 15.6. The Bertz CT molecular complexity index is 1280. The Hall–Kier alpha value is -3.93. The first-order valence-electron chi connectivity index (χ1n) is 9.13. The molecule has 1 amide bonds. The molecule has 0 saturated heterocycles. The summed E-state index contributed by atoms with van der Waals surface area (Å²) >= 11 is 0. The van der Waals surface area contributed by atoms with Crippen LogP contribution in [0.4, 0.5) is 5.82 Å². The SMILES string of the molecule is COc1ccc([C@H]2c3c(oc4ccccc4c3=O)C(=O)N2c2ccccn2)cc1. The largest absolute Gasteiger partial charge is 0.497 e. The number of methoxy groups -OCH3 is 1. The summed E-state index contributed by atoms with van der Waals surface area (Å²) in [6.45, 7) is 0. The fraction of sp³-hybridized carbons (Fsp3) is 0.0870. The third-order valence-corrected chi connectivity index (χ3v) is 5.11. The molecule has 1 atom stereocenters. The summed E-state index contributed by atoms with van der Waals surface area (Å²) in [6.07, 6.45) is 1.61. The van der Waals surface area contributed by atoms with Gasteiger partial charge in [-0.25, -0.2) is 4.98 Å². The second-order valence-corrected chi connectivity index (χ2v) is 6.71. The maximum atomic E-state index is 13.4. The number of hydrogen-bond acceptors (Lipinski definition) is 5. The Balaban J connectivity index is 1.80. The minimum absolute atomic E-state index is 0.0557. The molecule has 0 spiro atoms. The summed E-state index contributed by atoms with van der Waals surface area (Å²) in [5.41, 5.74) is 1.27. The van der Waals surface area contributed by atoms with Crippen molar-refractivity contribution in [1.82, 2.24) is 4.98 Å². The maximum Gasteiger partial charge on any atom is 0.296 e. The van der Waals surface area contributed by atoms with E-state index in [-0.39, 0.29) is 17.1 Å². The van der Waals surface area contributed by atoms with Crippen LogP contribution in [0, 0.1) is 0 Å². The zero-order valence-electron chi connectivity index (χ0n) is 15.5. The predicted molar refractivity (Wildman–Crippen MR) is 108 cm³/mol. The van der Waals surface area contributed by atoms with E-state index in [4.69, 9.17) is 9.15 Å². The van der Waals surface area contributed by atoms with Gasteiger partial charge in [-0.15, -0.1) is 0 Å². The van der Waals surface area contributed by atoms with Gasteiger partial charge in [0.2, 0.25) is 5.76 Å². The van der Waals surface area contributed by atoms with E-state index in [1.54, 1.807) is 67.9 Å². The third-order valence-electron chi connectivity index (χ3n) is 5.11. The van der Waals surface area contributed by atoms with E-state index in [9.17, 15) is 9.59 Å². The maximum absolute atomic E-state index is 13.4. The molecular weight excluding hydrogens is 368 g/mol. The summed E-state index contributed by atoms with van der Waals surface area (Å²) in [5, 5.41) is 0.445. The van der Waals surface area contributed by atoms with Crippen molar-refractivity contribution >= 4 is 22.7 Å². The molecule has 142 valence electrons. The average molecular weight is 384 g/mol. The van der Waals surface area contributed by atoms with Crippen LogP contribution in [-0.2, 0) is 0 Å². The van der Waals surface area contributed by atoms with Crippen molar-refractivity contribution in [3.63, 3.8) is 0 Å². The second kappa shape index (κ2) is 6.60. The van der Waals surface area contributed by atoms with Gasteiger partial charge in [0.05, 0.1) is 24.1 Å². The molecule has 2 aromatic heterocycles. The molecule has 0 N–H and O–H groups in total. The van der Waals surface area contributed by atoms with Crippen molar-refractivity contribution < 1.29 is 13.9 Å². The van der Waals surface area contributed by atoms with Gasteiger partial charge >= 0.3 is 0 Å². The predicted octanol–water partition coefficient (Wildman–Crippen LogP) is 3.95. The van der Waals surface area contributed by atoms with Gasteiger partial charge in [-0.05, 0) is 42.0 Å². The number of ether oxygens (including phenoxy) is 1. The molecule has 1 aliphatic rings. The molecule has 3 heterocycles. The molecule has 0 fully saturated rings. The van der Waals surface area contributed by atoms with Crippen molar-refractivity contribution in [2.24, 2.45) is 0 Å². The average Bonchev–Trinajstić information content (AvgIpc) is 3.07. The van der Waals surface area contributed by atoms with Crippen LogP contribution < -0.4 is 15.1 Å². The number of anilines is 1. The summed E-state index contributed by atoms with van der Waals surface area (Å²) in [4.78, 5) is 32.5. The number of nitrogens with zero attached hydrogens (tertiary/aromatic N) is 2. The minimum Gasteiger partial charge on any atom is -0.497 e. The first kappa shape index (κ1) is 17.2. The van der Waals surface area contributed by atoms with Crippen LogP contribution in [0.15, 0.2) is 82.1 Å². The Labute approximate surface area is 166 Å². The lowest BCUT2D eigenvalue weighted by Gasteiger charge is -2.24. The molecule has 0 aliphatic carbocycles. The van der Waals surface area contributed by atoms with Gasteiger partial charge in [0.25, 0.3) is 5.91 Å². The van der Waals surface area contributed by atoms with Crippen molar-refractivity contribution in [2.45, 2.75) is 6.04 Å². The first-order chi connectivity index (χ1) is 14.2. The lowest BCUT2D eigenvalue weighted by molar-refractivity contribution is 0.0970. The van der Waals surface area contributed by atoms with E-state index >= 15 is 0 Å². The van der Waals surface area contributed by atoms with Gasteiger partial charge in [0, 0.05) is 6.20 Å². The number of para-hydroxylation sites is 1. The number of amides is 1. The van der Waals surface area contributed by atoms with Crippen molar-refractivity contribution in [2.75, 3.05) is 12.0 Å². The third kappa shape index (κ3) is 2.61. The van der Waals surface area contributed by atoms with Gasteiger partial charge in [-0.2, -0.15) is 0 Å². The van der Waals surface area contributed by atoms with E-state index in [1.807, 2.05) is 12.1 Å². The Morgan fingerprint density at radius 2 is 1.72 bits per heavy atom. The number of rotatable bonds is 3. The summed E-state index contributed by atoms with van der Waals surface area (Å²) in [6, 6.07) is 18.9. The zero-order chi connectivity index (χ0) is 20.0. The Morgan fingerprint density at radius 3 is 2.45 bits per heavy atom. The van der Waals surface area contributed by atoms with Gasteiger partial charge in [0.1, 0.15) is 17.2 Å². The molecule has 29 heavy (non-hydrogen) atoms.